The number of hydrogen-bond donors (Lipinski definition) is 1. The molecule has 2 fully saturated rings. The number of phenolic OH excluding ortho intramolecular Hbond substituents is 1. The minimum atomic E-state index is 0.0792. The van der Waals surface area contributed by atoms with Gasteiger partial charge in [0.05, 0.1) is 13.2 Å². The molecule has 0 aliphatic carbocycles. The van der Waals surface area contributed by atoms with Gasteiger partial charge in [-0.3, -0.25) is 9.69 Å². The van der Waals surface area contributed by atoms with Crippen LogP contribution < -0.4 is 0 Å². The van der Waals surface area contributed by atoms with E-state index in [1.165, 1.54) is 0 Å². The second-order valence-electron chi connectivity index (χ2n) is 7.02. The lowest BCUT2D eigenvalue weighted by Gasteiger charge is -2.41. The molecule has 5 heteroatoms. The third kappa shape index (κ3) is 3.73. The zero-order valence-corrected chi connectivity index (χ0v) is 14.7. The van der Waals surface area contributed by atoms with Crippen LogP contribution >= 0.6 is 0 Å². The molecule has 5 nitrogen and oxygen atoms in total. The van der Waals surface area contributed by atoms with E-state index in [-0.39, 0.29) is 11.7 Å². The quantitative estimate of drug-likeness (QED) is 0.923. The van der Waals surface area contributed by atoms with Crippen molar-refractivity contribution in [2.75, 3.05) is 39.4 Å². The number of aryl methyl sites for hydroxylation is 1. The number of piperidine rings is 1. The summed E-state index contributed by atoms with van der Waals surface area (Å²) < 4.78 is 5.44. The monoisotopic (exact) mass is 332 g/mol. The van der Waals surface area contributed by atoms with E-state index >= 15 is 0 Å². The number of aromatic hydroxyl groups is 1. The van der Waals surface area contributed by atoms with Gasteiger partial charge in [0.1, 0.15) is 5.75 Å². The van der Waals surface area contributed by atoms with Crippen molar-refractivity contribution in [3.8, 4) is 5.75 Å². The maximum absolute atomic E-state index is 12.7. The van der Waals surface area contributed by atoms with Gasteiger partial charge in [0.25, 0.3) is 5.91 Å². The zero-order valence-electron chi connectivity index (χ0n) is 14.7. The van der Waals surface area contributed by atoms with Crippen LogP contribution in [0.5, 0.6) is 5.75 Å². The number of carbonyl (C=O) groups excluding carboxylic acids is 1. The number of phenols is 1. The lowest BCUT2D eigenvalue weighted by atomic mass is 9.89. The Kier molecular flexibility index (Phi) is 5.41. The second-order valence-corrected chi connectivity index (χ2v) is 7.02. The molecule has 0 saturated carbocycles. The van der Waals surface area contributed by atoms with Crippen LogP contribution in [-0.4, -0.2) is 66.2 Å². The van der Waals surface area contributed by atoms with Gasteiger partial charge in [-0.25, -0.2) is 0 Å². The lowest BCUT2D eigenvalue weighted by Crippen LogP contribution is -2.49. The normalized spacial score (nSPS) is 21.7. The lowest BCUT2D eigenvalue weighted by molar-refractivity contribution is -0.000951. The molecule has 2 heterocycles. The average Bonchev–Trinajstić information content (AvgIpc) is 2.63. The van der Waals surface area contributed by atoms with Crippen molar-refractivity contribution in [2.45, 2.75) is 32.7 Å². The largest absolute Gasteiger partial charge is 0.508 e. The third-order valence-corrected chi connectivity index (χ3v) is 5.57. The van der Waals surface area contributed by atoms with Crippen LogP contribution in [0.1, 0.15) is 35.7 Å². The van der Waals surface area contributed by atoms with Crippen LogP contribution in [0.15, 0.2) is 18.2 Å². The Hall–Kier alpha value is -1.59. The van der Waals surface area contributed by atoms with Gasteiger partial charge in [-0.05, 0) is 56.4 Å². The number of likely N-dealkylation sites (tertiary alicyclic amines) is 1. The third-order valence-electron chi connectivity index (χ3n) is 5.57. The highest BCUT2D eigenvalue weighted by Crippen LogP contribution is 2.26. The number of rotatable bonds is 3. The SMILES string of the molecule is Cc1cc(C(=O)N2CCC([C@@H](C)N3CCOCC3)CC2)ccc1O. The Bertz CT molecular complexity index is 576. The summed E-state index contributed by atoms with van der Waals surface area (Å²) in [5, 5.41) is 9.62. The summed E-state index contributed by atoms with van der Waals surface area (Å²) in [6, 6.07) is 5.66. The van der Waals surface area contributed by atoms with Gasteiger partial charge in [-0.15, -0.1) is 0 Å². The fraction of sp³-hybridized carbons (Fsp3) is 0.632. The van der Waals surface area contributed by atoms with E-state index in [0.717, 1.165) is 57.8 Å². The van der Waals surface area contributed by atoms with Crippen molar-refractivity contribution in [1.82, 2.24) is 9.80 Å². The smallest absolute Gasteiger partial charge is 0.253 e. The molecule has 0 radical (unpaired) electrons. The molecule has 24 heavy (non-hydrogen) atoms. The van der Waals surface area contributed by atoms with E-state index < -0.39 is 0 Å². The summed E-state index contributed by atoms with van der Waals surface area (Å²) in [6.45, 7) is 9.49. The fourth-order valence-electron chi connectivity index (χ4n) is 3.84. The first-order valence-electron chi connectivity index (χ1n) is 8.97. The van der Waals surface area contributed by atoms with Crippen molar-refractivity contribution < 1.29 is 14.6 Å². The van der Waals surface area contributed by atoms with Crippen LogP contribution in [-0.2, 0) is 4.74 Å². The molecule has 2 aliphatic heterocycles. The Labute approximate surface area is 144 Å². The van der Waals surface area contributed by atoms with Crippen LogP contribution in [0, 0.1) is 12.8 Å². The van der Waals surface area contributed by atoms with Gasteiger partial charge in [0.2, 0.25) is 0 Å². The van der Waals surface area contributed by atoms with Crippen LogP contribution in [0.25, 0.3) is 0 Å². The molecule has 1 amide bonds. The summed E-state index contributed by atoms with van der Waals surface area (Å²) in [7, 11) is 0. The Balaban J connectivity index is 1.56. The van der Waals surface area contributed by atoms with Gasteiger partial charge >= 0.3 is 0 Å². The zero-order chi connectivity index (χ0) is 17.1. The molecule has 1 aromatic carbocycles. The maximum atomic E-state index is 12.7. The summed E-state index contributed by atoms with van der Waals surface area (Å²) in [5.74, 6) is 0.967. The van der Waals surface area contributed by atoms with E-state index in [1.807, 2.05) is 11.8 Å². The minimum absolute atomic E-state index is 0.0792. The first-order chi connectivity index (χ1) is 11.6. The molecule has 0 unspecified atom stereocenters. The Morgan fingerprint density at radius 1 is 1.21 bits per heavy atom. The molecule has 2 saturated heterocycles. The highest BCUT2D eigenvalue weighted by molar-refractivity contribution is 5.94. The van der Waals surface area contributed by atoms with Gasteiger partial charge in [0, 0.05) is 37.8 Å². The number of carbonyl (C=O) groups is 1. The number of ether oxygens (including phenoxy) is 1. The molecule has 0 spiro atoms. The highest BCUT2D eigenvalue weighted by atomic mass is 16.5. The molecule has 1 aromatic rings. The molecular weight excluding hydrogens is 304 g/mol. The predicted octanol–water partition coefficient (Wildman–Crippen LogP) is 2.27. The van der Waals surface area contributed by atoms with Crippen molar-refractivity contribution in [2.24, 2.45) is 5.92 Å². The molecule has 0 aromatic heterocycles. The van der Waals surface area contributed by atoms with Crippen molar-refractivity contribution in [1.29, 1.82) is 0 Å². The summed E-state index contributed by atoms with van der Waals surface area (Å²) in [4.78, 5) is 17.1. The second kappa shape index (κ2) is 7.53. The van der Waals surface area contributed by atoms with Gasteiger partial charge in [-0.1, -0.05) is 0 Å². The molecule has 0 bridgehead atoms. The topological polar surface area (TPSA) is 53.0 Å². The molecule has 2 aliphatic rings. The van der Waals surface area contributed by atoms with E-state index in [1.54, 1.807) is 18.2 Å². The van der Waals surface area contributed by atoms with Crippen molar-refractivity contribution in [3.63, 3.8) is 0 Å². The maximum Gasteiger partial charge on any atom is 0.253 e. The van der Waals surface area contributed by atoms with Crippen LogP contribution in [0.4, 0.5) is 0 Å². The van der Waals surface area contributed by atoms with Crippen LogP contribution in [0.2, 0.25) is 0 Å². The van der Waals surface area contributed by atoms with Gasteiger partial charge in [0.15, 0.2) is 0 Å². The number of benzene rings is 1. The molecule has 132 valence electrons. The molecular formula is C19H28N2O3. The van der Waals surface area contributed by atoms with E-state index in [0.29, 0.717) is 17.5 Å². The number of nitrogens with zero attached hydrogens (tertiary/aromatic N) is 2. The summed E-state index contributed by atoms with van der Waals surface area (Å²) in [6.07, 6.45) is 2.11. The number of morpholine rings is 1. The van der Waals surface area contributed by atoms with E-state index in [4.69, 9.17) is 4.74 Å². The number of hydrogen-bond acceptors (Lipinski definition) is 4. The minimum Gasteiger partial charge on any atom is -0.508 e. The molecule has 3 rings (SSSR count). The Morgan fingerprint density at radius 2 is 1.88 bits per heavy atom. The summed E-state index contributed by atoms with van der Waals surface area (Å²) >= 11 is 0. The van der Waals surface area contributed by atoms with Gasteiger partial charge < -0.3 is 14.7 Å². The number of amides is 1. The standard InChI is InChI=1S/C19H28N2O3/c1-14-13-17(3-4-18(14)22)19(23)21-7-5-16(6-8-21)15(2)20-9-11-24-12-10-20/h3-4,13,15-16,22H,5-12H2,1-2H3/t15-/m1/s1. The van der Waals surface area contributed by atoms with Crippen molar-refractivity contribution in [3.05, 3.63) is 29.3 Å². The predicted molar refractivity (Wildman–Crippen MR) is 93.3 cm³/mol. The van der Waals surface area contributed by atoms with Crippen molar-refractivity contribution >= 4 is 5.91 Å². The first-order valence-corrected chi connectivity index (χ1v) is 8.97. The average molecular weight is 332 g/mol. The van der Waals surface area contributed by atoms with E-state index in [9.17, 15) is 9.90 Å². The first kappa shape index (κ1) is 17.2. The van der Waals surface area contributed by atoms with Gasteiger partial charge in [-0.2, -0.15) is 0 Å². The molecule has 1 atom stereocenters. The van der Waals surface area contributed by atoms with E-state index in [2.05, 4.69) is 11.8 Å². The van der Waals surface area contributed by atoms with Crippen LogP contribution in [0.3, 0.4) is 0 Å². The summed E-state index contributed by atoms with van der Waals surface area (Å²) in [5.41, 5.74) is 1.42. The fourth-order valence-corrected chi connectivity index (χ4v) is 3.84. The Morgan fingerprint density at radius 3 is 2.50 bits per heavy atom. The highest BCUT2D eigenvalue weighted by Gasteiger charge is 2.30. The molecule has 1 N–H and O–H groups in total.